The smallest absolute Gasteiger partial charge is 0.199 e. The van der Waals surface area contributed by atoms with Gasteiger partial charge in [0.25, 0.3) is 0 Å². The van der Waals surface area contributed by atoms with Gasteiger partial charge in [-0.2, -0.15) is 0 Å². The van der Waals surface area contributed by atoms with Crippen LogP contribution in [0.3, 0.4) is 0 Å². The van der Waals surface area contributed by atoms with Crippen LogP contribution in [-0.2, 0) is 0 Å². The number of hydrogen-bond acceptors (Lipinski definition) is 5. The molecule has 22 heavy (non-hydrogen) atoms. The maximum atomic E-state index is 7.55. The van der Waals surface area contributed by atoms with Crippen molar-refractivity contribution >= 4 is 23.3 Å². The SMILES string of the molecule is CC(C)COc1c(Cl)nc(C(=N)N)nc1N1CCC(C)CC1. The molecule has 0 spiro atoms. The molecule has 1 aromatic heterocycles. The Morgan fingerprint density at radius 3 is 2.59 bits per heavy atom. The molecular formula is C15H24ClN5O. The second-order valence-corrected chi connectivity index (χ2v) is 6.64. The lowest BCUT2D eigenvalue weighted by Gasteiger charge is -2.32. The molecule has 1 saturated heterocycles. The molecule has 0 aliphatic carbocycles. The summed E-state index contributed by atoms with van der Waals surface area (Å²) >= 11 is 6.25. The van der Waals surface area contributed by atoms with Crippen LogP contribution >= 0.6 is 11.6 Å². The number of hydrogen-bond donors (Lipinski definition) is 2. The van der Waals surface area contributed by atoms with Gasteiger partial charge in [0.2, 0.25) is 0 Å². The monoisotopic (exact) mass is 325 g/mol. The Labute approximate surface area is 136 Å². The average Bonchev–Trinajstić information content (AvgIpc) is 2.45. The lowest BCUT2D eigenvalue weighted by molar-refractivity contribution is 0.269. The summed E-state index contributed by atoms with van der Waals surface area (Å²) in [5.41, 5.74) is 5.52. The van der Waals surface area contributed by atoms with Crippen molar-refractivity contribution in [3.8, 4) is 5.75 Å². The minimum absolute atomic E-state index is 0.149. The highest BCUT2D eigenvalue weighted by atomic mass is 35.5. The Kier molecular flexibility index (Phi) is 5.45. The van der Waals surface area contributed by atoms with Gasteiger partial charge in [-0.15, -0.1) is 0 Å². The van der Waals surface area contributed by atoms with Gasteiger partial charge < -0.3 is 15.4 Å². The van der Waals surface area contributed by atoms with E-state index in [1.807, 2.05) is 0 Å². The van der Waals surface area contributed by atoms with Crippen LogP contribution in [0.4, 0.5) is 5.82 Å². The van der Waals surface area contributed by atoms with E-state index >= 15 is 0 Å². The summed E-state index contributed by atoms with van der Waals surface area (Å²) in [4.78, 5) is 10.6. The van der Waals surface area contributed by atoms with Crippen molar-refractivity contribution in [2.45, 2.75) is 33.6 Å². The predicted molar refractivity (Wildman–Crippen MR) is 89.0 cm³/mol. The van der Waals surface area contributed by atoms with E-state index in [2.05, 4.69) is 35.6 Å². The molecular weight excluding hydrogens is 302 g/mol. The van der Waals surface area contributed by atoms with E-state index in [1.54, 1.807) is 0 Å². The van der Waals surface area contributed by atoms with Gasteiger partial charge in [0.05, 0.1) is 6.61 Å². The summed E-state index contributed by atoms with van der Waals surface area (Å²) in [7, 11) is 0. The fourth-order valence-corrected chi connectivity index (χ4v) is 2.56. The highest BCUT2D eigenvalue weighted by molar-refractivity contribution is 6.31. The maximum Gasteiger partial charge on any atom is 0.199 e. The normalized spacial score (nSPS) is 16.1. The first-order chi connectivity index (χ1) is 10.4. The largest absolute Gasteiger partial charge is 0.487 e. The summed E-state index contributed by atoms with van der Waals surface area (Å²) < 4.78 is 5.83. The third-order valence-electron chi connectivity index (χ3n) is 3.69. The molecule has 2 rings (SSSR count). The first-order valence-corrected chi connectivity index (χ1v) is 8.06. The van der Waals surface area contributed by atoms with Crippen LogP contribution in [0, 0.1) is 17.2 Å². The van der Waals surface area contributed by atoms with Crippen molar-refractivity contribution in [3.63, 3.8) is 0 Å². The van der Waals surface area contributed by atoms with Crippen LogP contribution in [0.1, 0.15) is 39.4 Å². The number of amidine groups is 1. The zero-order valence-corrected chi connectivity index (χ0v) is 14.2. The summed E-state index contributed by atoms with van der Waals surface area (Å²) in [6, 6.07) is 0. The Morgan fingerprint density at radius 2 is 2.05 bits per heavy atom. The van der Waals surface area contributed by atoms with Crippen molar-refractivity contribution < 1.29 is 4.74 Å². The Bertz CT molecular complexity index is 541. The number of nitrogen functional groups attached to an aromatic ring is 1. The number of anilines is 1. The van der Waals surface area contributed by atoms with E-state index < -0.39 is 0 Å². The molecule has 2 heterocycles. The molecule has 0 amide bonds. The first kappa shape index (κ1) is 16.8. The van der Waals surface area contributed by atoms with Crippen molar-refractivity contribution in [1.29, 1.82) is 5.41 Å². The molecule has 1 fully saturated rings. The van der Waals surface area contributed by atoms with Crippen LogP contribution in [-0.4, -0.2) is 35.5 Å². The molecule has 0 bridgehead atoms. The van der Waals surface area contributed by atoms with Gasteiger partial charge >= 0.3 is 0 Å². The van der Waals surface area contributed by atoms with Crippen LogP contribution in [0.15, 0.2) is 0 Å². The van der Waals surface area contributed by atoms with Crippen molar-refractivity contribution in [1.82, 2.24) is 9.97 Å². The lowest BCUT2D eigenvalue weighted by Crippen LogP contribution is -2.34. The van der Waals surface area contributed by atoms with Crippen LogP contribution in [0.2, 0.25) is 5.15 Å². The molecule has 1 aromatic rings. The minimum Gasteiger partial charge on any atom is -0.487 e. The number of nitrogens with zero attached hydrogens (tertiary/aromatic N) is 3. The summed E-state index contributed by atoms with van der Waals surface area (Å²) in [5.74, 6) is 2.19. The van der Waals surface area contributed by atoms with Crippen molar-refractivity contribution in [2.75, 3.05) is 24.6 Å². The van der Waals surface area contributed by atoms with Crippen LogP contribution < -0.4 is 15.4 Å². The number of halogens is 1. The molecule has 1 aliphatic heterocycles. The third-order valence-corrected chi connectivity index (χ3v) is 3.95. The van der Waals surface area contributed by atoms with E-state index in [0.717, 1.165) is 25.9 Å². The minimum atomic E-state index is -0.191. The number of ether oxygens (including phenoxy) is 1. The van der Waals surface area contributed by atoms with Gasteiger partial charge in [-0.05, 0) is 24.7 Å². The number of piperidine rings is 1. The van der Waals surface area contributed by atoms with E-state index in [-0.39, 0.29) is 16.8 Å². The van der Waals surface area contributed by atoms with Gasteiger partial charge in [0.15, 0.2) is 28.4 Å². The molecule has 0 aromatic carbocycles. The van der Waals surface area contributed by atoms with Gasteiger partial charge in [0.1, 0.15) is 0 Å². The zero-order chi connectivity index (χ0) is 16.3. The molecule has 0 atom stereocenters. The molecule has 0 unspecified atom stereocenters. The zero-order valence-electron chi connectivity index (χ0n) is 13.4. The molecule has 6 nitrogen and oxygen atoms in total. The molecule has 7 heteroatoms. The first-order valence-electron chi connectivity index (χ1n) is 7.68. The molecule has 0 saturated carbocycles. The number of rotatable bonds is 5. The van der Waals surface area contributed by atoms with E-state index in [4.69, 9.17) is 27.5 Å². The second-order valence-electron chi connectivity index (χ2n) is 6.28. The number of nitrogens with one attached hydrogen (secondary N) is 1. The molecule has 122 valence electrons. The Balaban J connectivity index is 2.35. The van der Waals surface area contributed by atoms with Gasteiger partial charge in [-0.1, -0.05) is 32.4 Å². The topological polar surface area (TPSA) is 88.1 Å². The maximum absolute atomic E-state index is 7.55. The van der Waals surface area contributed by atoms with E-state index in [0.29, 0.717) is 30.0 Å². The quantitative estimate of drug-likeness (QED) is 0.493. The second kappa shape index (κ2) is 7.13. The molecule has 0 radical (unpaired) electrons. The van der Waals surface area contributed by atoms with Crippen LogP contribution in [0.25, 0.3) is 0 Å². The van der Waals surface area contributed by atoms with Crippen molar-refractivity contribution in [3.05, 3.63) is 11.0 Å². The molecule has 3 N–H and O–H groups in total. The summed E-state index contributed by atoms with van der Waals surface area (Å²) in [6.45, 7) is 8.72. The fourth-order valence-electron chi connectivity index (χ4n) is 2.34. The fraction of sp³-hybridized carbons (Fsp3) is 0.667. The van der Waals surface area contributed by atoms with E-state index in [1.165, 1.54) is 0 Å². The van der Waals surface area contributed by atoms with E-state index in [9.17, 15) is 0 Å². The standard InChI is InChI=1S/C15H24ClN5O/c1-9(2)8-22-11-12(16)19-14(13(17)18)20-15(11)21-6-4-10(3)5-7-21/h9-10H,4-8H2,1-3H3,(H3,17,18). The summed E-state index contributed by atoms with van der Waals surface area (Å²) in [5, 5.41) is 7.77. The van der Waals surface area contributed by atoms with Gasteiger partial charge in [-0.25, -0.2) is 9.97 Å². The molecule has 1 aliphatic rings. The highest BCUT2D eigenvalue weighted by Gasteiger charge is 2.24. The van der Waals surface area contributed by atoms with Gasteiger partial charge in [0, 0.05) is 13.1 Å². The number of nitrogens with two attached hydrogens (primary N) is 1. The lowest BCUT2D eigenvalue weighted by atomic mass is 9.99. The predicted octanol–water partition coefficient (Wildman–Crippen LogP) is 2.69. The average molecular weight is 326 g/mol. The Hall–Kier alpha value is -1.56. The summed E-state index contributed by atoms with van der Waals surface area (Å²) in [6.07, 6.45) is 2.20. The van der Waals surface area contributed by atoms with Crippen LogP contribution in [0.5, 0.6) is 5.75 Å². The number of aromatic nitrogens is 2. The highest BCUT2D eigenvalue weighted by Crippen LogP contribution is 2.35. The van der Waals surface area contributed by atoms with Crippen molar-refractivity contribution in [2.24, 2.45) is 17.6 Å². The van der Waals surface area contributed by atoms with Gasteiger partial charge in [-0.3, -0.25) is 5.41 Å². The third kappa shape index (κ3) is 4.00. The Morgan fingerprint density at radius 1 is 1.41 bits per heavy atom.